The third kappa shape index (κ3) is 2.60. The molecule has 2 rings (SSSR count). The van der Waals surface area contributed by atoms with E-state index in [1.807, 2.05) is 12.1 Å². The Morgan fingerprint density at radius 2 is 1.94 bits per heavy atom. The van der Waals surface area contributed by atoms with Gasteiger partial charge in [0.25, 0.3) is 0 Å². The predicted octanol–water partition coefficient (Wildman–Crippen LogP) is 0.566. The van der Waals surface area contributed by atoms with Gasteiger partial charge in [-0.1, -0.05) is 12.2 Å². The Bertz CT molecular complexity index is 412. The van der Waals surface area contributed by atoms with Gasteiger partial charge < -0.3 is 20.1 Å². The summed E-state index contributed by atoms with van der Waals surface area (Å²) in [5, 5.41) is 0. The average molecular weight is 267 g/mol. The molecule has 1 saturated heterocycles. The minimum atomic E-state index is 0.0760. The molecule has 1 fully saturated rings. The van der Waals surface area contributed by atoms with Crippen LogP contribution < -0.4 is 10.6 Å². The van der Waals surface area contributed by atoms with E-state index in [4.69, 9.17) is 27.4 Å². The Morgan fingerprint density at radius 3 is 2.33 bits per heavy atom. The SMILES string of the molecule is COC1CN(c2ccc(C(N)=S)cn2)CC1OC. The van der Waals surface area contributed by atoms with Crippen LogP contribution in [0.2, 0.25) is 0 Å². The maximum Gasteiger partial charge on any atom is 0.128 e. The summed E-state index contributed by atoms with van der Waals surface area (Å²) >= 11 is 4.90. The quantitative estimate of drug-likeness (QED) is 0.805. The van der Waals surface area contributed by atoms with Crippen molar-refractivity contribution in [3.63, 3.8) is 0 Å². The van der Waals surface area contributed by atoms with Gasteiger partial charge in [0, 0.05) is 39.1 Å². The Morgan fingerprint density at radius 1 is 1.33 bits per heavy atom. The van der Waals surface area contributed by atoms with E-state index >= 15 is 0 Å². The molecule has 1 aliphatic heterocycles. The number of hydrogen-bond donors (Lipinski definition) is 1. The van der Waals surface area contributed by atoms with Crippen LogP contribution in [0, 0.1) is 0 Å². The monoisotopic (exact) mass is 267 g/mol. The molecular formula is C12H17N3O2S. The van der Waals surface area contributed by atoms with Crippen molar-refractivity contribution in [3.05, 3.63) is 23.9 Å². The van der Waals surface area contributed by atoms with Gasteiger partial charge in [0.15, 0.2) is 0 Å². The number of thiocarbonyl (C=S) groups is 1. The van der Waals surface area contributed by atoms with Crippen LogP contribution in [0.1, 0.15) is 5.56 Å². The van der Waals surface area contributed by atoms with Crippen molar-refractivity contribution in [2.75, 3.05) is 32.2 Å². The number of ether oxygens (including phenoxy) is 2. The number of methoxy groups -OCH3 is 2. The van der Waals surface area contributed by atoms with Gasteiger partial charge in [-0.3, -0.25) is 0 Å². The summed E-state index contributed by atoms with van der Waals surface area (Å²) in [7, 11) is 3.40. The number of hydrogen-bond acceptors (Lipinski definition) is 5. The molecule has 2 unspecified atom stereocenters. The normalized spacial score (nSPS) is 23.3. The van der Waals surface area contributed by atoms with Gasteiger partial charge in [-0.25, -0.2) is 4.98 Å². The highest BCUT2D eigenvalue weighted by Crippen LogP contribution is 2.21. The first-order valence-corrected chi connectivity index (χ1v) is 6.13. The van der Waals surface area contributed by atoms with Crippen LogP contribution in [0.5, 0.6) is 0 Å². The molecule has 1 aliphatic rings. The second-order valence-electron chi connectivity index (χ2n) is 4.22. The molecule has 0 aromatic carbocycles. The highest BCUT2D eigenvalue weighted by molar-refractivity contribution is 7.80. The predicted molar refractivity (Wildman–Crippen MR) is 73.9 cm³/mol. The fourth-order valence-electron chi connectivity index (χ4n) is 2.10. The lowest BCUT2D eigenvalue weighted by Crippen LogP contribution is -2.27. The van der Waals surface area contributed by atoms with Crippen molar-refractivity contribution in [1.82, 2.24) is 4.98 Å². The number of rotatable bonds is 4. The summed E-state index contributed by atoms with van der Waals surface area (Å²) < 4.78 is 10.8. The number of aromatic nitrogens is 1. The Balaban J connectivity index is 2.11. The van der Waals surface area contributed by atoms with E-state index in [2.05, 4.69) is 9.88 Å². The van der Waals surface area contributed by atoms with Crippen molar-refractivity contribution < 1.29 is 9.47 Å². The van der Waals surface area contributed by atoms with Crippen molar-refractivity contribution in [1.29, 1.82) is 0 Å². The largest absolute Gasteiger partial charge is 0.389 e. The molecule has 1 aromatic heterocycles. The van der Waals surface area contributed by atoms with Gasteiger partial charge in [-0.05, 0) is 12.1 Å². The van der Waals surface area contributed by atoms with Crippen LogP contribution in [-0.2, 0) is 9.47 Å². The maximum atomic E-state index is 5.54. The second-order valence-corrected chi connectivity index (χ2v) is 4.66. The Kier molecular flexibility index (Phi) is 4.11. The smallest absolute Gasteiger partial charge is 0.128 e. The molecule has 0 radical (unpaired) electrons. The van der Waals surface area contributed by atoms with Gasteiger partial charge in [0.2, 0.25) is 0 Å². The molecule has 0 bridgehead atoms. The van der Waals surface area contributed by atoms with Crippen LogP contribution in [-0.4, -0.2) is 49.5 Å². The first kappa shape index (κ1) is 13.2. The highest BCUT2D eigenvalue weighted by Gasteiger charge is 2.33. The lowest BCUT2D eigenvalue weighted by molar-refractivity contribution is -0.00461. The molecule has 0 saturated carbocycles. The topological polar surface area (TPSA) is 60.6 Å². The molecule has 0 spiro atoms. The number of nitrogens with zero attached hydrogens (tertiary/aromatic N) is 2. The third-order valence-corrected chi connectivity index (χ3v) is 3.41. The lowest BCUT2D eigenvalue weighted by atomic mass is 10.3. The van der Waals surface area contributed by atoms with Crippen molar-refractivity contribution >= 4 is 23.0 Å². The van der Waals surface area contributed by atoms with Gasteiger partial charge in [-0.15, -0.1) is 0 Å². The van der Waals surface area contributed by atoms with Crippen molar-refractivity contribution in [2.24, 2.45) is 5.73 Å². The van der Waals surface area contributed by atoms with Gasteiger partial charge in [0.05, 0.1) is 0 Å². The minimum Gasteiger partial charge on any atom is -0.389 e. The summed E-state index contributed by atoms with van der Waals surface area (Å²) in [4.78, 5) is 6.86. The molecule has 0 amide bonds. The maximum absolute atomic E-state index is 5.54. The highest BCUT2D eigenvalue weighted by atomic mass is 32.1. The van der Waals surface area contributed by atoms with Crippen LogP contribution in [0.4, 0.5) is 5.82 Å². The zero-order valence-electron chi connectivity index (χ0n) is 10.5. The summed E-state index contributed by atoms with van der Waals surface area (Å²) in [5.74, 6) is 0.886. The molecular weight excluding hydrogens is 250 g/mol. The molecule has 0 aliphatic carbocycles. The first-order valence-electron chi connectivity index (χ1n) is 5.72. The number of anilines is 1. The van der Waals surface area contributed by atoms with E-state index in [1.54, 1.807) is 20.4 Å². The van der Waals surface area contributed by atoms with Gasteiger partial charge in [-0.2, -0.15) is 0 Å². The third-order valence-electron chi connectivity index (χ3n) is 3.18. The summed E-state index contributed by atoms with van der Waals surface area (Å²) in [5.41, 5.74) is 6.32. The Labute approximate surface area is 112 Å². The molecule has 18 heavy (non-hydrogen) atoms. The molecule has 2 atom stereocenters. The second kappa shape index (κ2) is 5.60. The van der Waals surface area contributed by atoms with E-state index in [9.17, 15) is 0 Å². The summed E-state index contributed by atoms with van der Waals surface area (Å²) in [6, 6.07) is 3.80. The summed E-state index contributed by atoms with van der Waals surface area (Å²) in [6.07, 6.45) is 1.85. The van der Waals surface area contributed by atoms with Gasteiger partial charge in [0.1, 0.15) is 23.0 Å². The molecule has 5 nitrogen and oxygen atoms in total. The lowest BCUT2D eigenvalue weighted by Gasteiger charge is -2.16. The van der Waals surface area contributed by atoms with Crippen molar-refractivity contribution in [2.45, 2.75) is 12.2 Å². The fraction of sp³-hybridized carbons (Fsp3) is 0.500. The molecule has 2 N–H and O–H groups in total. The minimum absolute atomic E-state index is 0.0760. The van der Waals surface area contributed by atoms with Crippen LogP contribution in [0.3, 0.4) is 0 Å². The zero-order chi connectivity index (χ0) is 13.1. The van der Waals surface area contributed by atoms with E-state index < -0.39 is 0 Å². The van der Waals surface area contributed by atoms with E-state index in [0.717, 1.165) is 24.5 Å². The molecule has 2 heterocycles. The molecule has 6 heteroatoms. The molecule has 1 aromatic rings. The molecule has 98 valence electrons. The van der Waals surface area contributed by atoms with Gasteiger partial charge >= 0.3 is 0 Å². The fourth-order valence-corrected chi connectivity index (χ4v) is 2.22. The van der Waals surface area contributed by atoms with E-state index in [-0.39, 0.29) is 12.2 Å². The standard InChI is InChI=1S/C12H17N3O2S/c1-16-9-6-15(7-10(9)17-2)11-4-3-8(5-14-11)12(13)18/h3-5,9-10H,6-7H2,1-2H3,(H2,13,18). The average Bonchev–Trinajstić information content (AvgIpc) is 2.82. The van der Waals surface area contributed by atoms with Crippen LogP contribution in [0.25, 0.3) is 0 Å². The zero-order valence-corrected chi connectivity index (χ0v) is 11.3. The number of nitrogens with two attached hydrogens (primary N) is 1. The Hall–Kier alpha value is -1.24. The number of pyridine rings is 1. The van der Waals surface area contributed by atoms with E-state index in [0.29, 0.717) is 4.99 Å². The van der Waals surface area contributed by atoms with Crippen molar-refractivity contribution in [3.8, 4) is 0 Å². The first-order chi connectivity index (χ1) is 8.65. The summed E-state index contributed by atoms with van der Waals surface area (Å²) in [6.45, 7) is 1.54. The van der Waals surface area contributed by atoms with Crippen LogP contribution in [0.15, 0.2) is 18.3 Å². The van der Waals surface area contributed by atoms with Crippen LogP contribution >= 0.6 is 12.2 Å². The van der Waals surface area contributed by atoms with E-state index in [1.165, 1.54) is 0 Å².